The molecule has 1 amide bonds. The highest BCUT2D eigenvalue weighted by Gasteiger charge is 2.21. The van der Waals surface area contributed by atoms with Crippen LogP contribution in [0.4, 0.5) is 4.39 Å². The van der Waals surface area contributed by atoms with Crippen LogP contribution >= 0.6 is 15.9 Å². The van der Waals surface area contributed by atoms with Crippen LogP contribution in [-0.4, -0.2) is 49.0 Å². The van der Waals surface area contributed by atoms with Crippen molar-refractivity contribution in [3.8, 4) is 5.75 Å². The minimum Gasteiger partial charge on any atom is -0.497 e. The van der Waals surface area contributed by atoms with E-state index in [-0.39, 0.29) is 11.7 Å². The number of ether oxygens (including phenoxy) is 1. The highest BCUT2D eigenvalue weighted by molar-refractivity contribution is 9.10. The summed E-state index contributed by atoms with van der Waals surface area (Å²) >= 11 is 3.28. The van der Waals surface area contributed by atoms with Crippen LogP contribution in [0.15, 0.2) is 46.9 Å². The first kappa shape index (κ1) is 19.8. The van der Waals surface area contributed by atoms with Crippen molar-refractivity contribution >= 4 is 21.8 Å². The summed E-state index contributed by atoms with van der Waals surface area (Å²) in [5, 5.41) is 0. The van der Waals surface area contributed by atoms with Gasteiger partial charge in [-0.05, 0) is 36.2 Å². The van der Waals surface area contributed by atoms with Gasteiger partial charge in [0.2, 0.25) is 5.91 Å². The van der Waals surface area contributed by atoms with Gasteiger partial charge in [-0.3, -0.25) is 9.69 Å². The summed E-state index contributed by atoms with van der Waals surface area (Å²) in [4.78, 5) is 16.6. The minimum atomic E-state index is -0.192. The monoisotopic (exact) mass is 434 g/mol. The van der Waals surface area contributed by atoms with Crippen LogP contribution in [0.2, 0.25) is 0 Å². The summed E-state index contributed by atoms with van der Waals surface area (Å²) in [6.45, 7) is 3.50. The van der Waals surface area contributed by atoms with Gasteiger partial charge in [0, 0.05) is 49.2 Å². The lowest BCUT2D eigenvalue weighted by Gasteiger charge is -2.35. The summed E-state index contributed by atoms with van der Waals surface area (Å²) < 4.78 is 19.9. The third kappa shape index (κ3) is 5.53. The van der Waals surface area contributed by atoms with E-state index in [2.05, 4.69) is 20.8 Å². The summed E-state index contributed by atoms with van der Waals surface area (Å²) in [7, 11) is 1.64. The van der Waals surface area contributed by atoms with Crippen LogP contribution < -0.4 is 4.74 Å². The quantitative estimate of drug-likeness (QED) is 0.691. The van der Waals surface area contributed by atoms with Gasteiger partial charge >= 0.3 is 0 Å². The van der Waals surface area contributed by atoms with Crippen molar-refractivity contribution < 1.29 is 13.9 Å². The molecule has 0 spiro atoms. The molecule has 0 radical (unpaired) electrons. The van der Waals surface area contributed by atoms with E-state index in [9.17, 15) is 9.18 Å². The Hall–Kier alpha value is -1.92. The molecule has 6 heteroatoms. The fourth-order valence-corrected chi connectivity index (χ4v) is 3.58. The minimum absolute atomic E-state index is 0.181. The highest BCUT2D eigenvalue weighted by atomic mass is 79.9. The average molecular weight is 435 g/mol. The van der Waals surface area contributed by atoms with Gasteiger partial charge in [-0.2, -0.15) is 0 Å². The lowest BCUT2D eigenvalue weighted by Crippen LogP contribution is -2.48. The standard InChI is InChI=1S/C21H24BrFN2O2/c1-27-19-7-2-16(3-8-19)4-9-21(26)25-12-10-24(11-13-25)15-17-5-6-18(22)14-20(17)23/h2-3,5-8,14H,4,9-13,15H2,1H3. The zero-order valence-corrected chi connectivity index (χ0v) is 17.0. The number of benzene rings is 2. The number of carbonyl (C=O) groups excluding carboxylic acids is 1. The SMILES string of the molecule is COc1ccc(CCC(=O)N2CCN(Cc3ccc(Br)cc3F)CC2)cc1. The zero-order chi connectivity index (χ0) is 19.2. The third-order valence-electron chi connectivity index (χ3n) is 4.92. The molecular formula is C21H24BrFN2O2. The first-order valence-corrected chi connectivity index (χ1v) is 9.91. The number of carbonyl (C=O) groups is 1. The van der Waals surface area contributed by atoms with Crippen LogP contribution in [0, 0.1) is 5.82 Å². The molecule has 3 rings (SSSR count). The number of nitrogens with zero attached hydrogens (tertiary/aromatic N) is 2. The van der Waals surface area contributed by atoms with Crippen molar-refractivity contribution in [1.82, 2.24) is 9.80 Å². The van der Waals surface area contributed by atoms with Crippen molar-refractivity contribution in [2.75, 3.05) is 33.3 Å². The van der Waals surface area contributed by atoms with E-state index in [1.165, 1.54) is 6.07 Å². The predicted molar refractivity (Wildman–Crippen MR) is 107 cm³/mol. The number of piperazine rings is 1. The number of methoxy groups -OCH3 is 1. The number of aryl methyl sites for hydroxylation is 1. The molecule has 0 unspecified atom stereocenters. The molecule has 1 aliphatic rings. The number of hydrogen-bond donors (Lipinski definition) is 0. The first-order chi connectivity index (χ1) is 13.0. The number of hydrogen-bond acceptors (Lipinski definition) is 3. The lowest BCUT2D eigenvalue weighted by atomic mass is 10.1. The number of rotatable bonds is 6. The Morgan fingerprint density at radius 2 is 1.81 bits per heavy atom. The topological polar surface area (TPSA) is 32.8 Å². The van der Waals surface area contributed by atoms with Gasteiger partial charge in [0.15, 0.2) is 0 Å². The largest absolute Gasteiger partial charge is 0.497 e. The van der Waals surface area contributed by atoms with Crippen LogP contribution in [-0.2, 0) is 17.8 Å². The van der Waals surface area contributed by atoms with Crippen molar-refractivity contribution in [1.29, 1.82) is 0 Å². The van der Waals surface area contributed by atoms with E-state index in [0.29, 0.717) is 31.6 Å². The zero-order valence-electron chi connectivity index (χ0n) is 15.5. The average Bonchev–Trinajstić information content (AvgIpc) is 2.69. The molecule has 2 aromatic carbocycles. The molecule has 1 heterocycles. The Morgan fingerprint density at radius 1 is 1.11 bits per heavy atom. The molecule has 27 heavy (non-hydrogen) atoms. The molecule has 1 aliphatic heterocycles. The number of amides is 1. The van der Waals surface area contributed by atoms with E-state index in [1.54, 1.807) is 7.11 Å². The molecular weight excluding hydrogens is 411 g/mol. The smallest absolute Gasteiger partial charge is 0.222 e. The van der Waals surface area contributed by atoms with Crippen molar-refractivity contribution in [2.45, 2.75) is 19.4 Å². The van der Waals surface area contributed by atoms with E-state index in [0.717, 1.165) is 35.3 Å². The second-order valence-electron chi connectivity index (χ2n) is 6.74. The van der Waals surface area contributed by atoms with Crippen molar-refractivity contribution in [3.05, 3.63) is 63.9 Å². The van der Waals surface area contributed by atoms with Gasteiger partial charge < -0.3 is 9.64 Å². The fraction of sp³-hybridized carbons (Fsp3) is 0.381. The Kier molecular flexibility index (Phi) is 6.85. The summed E-state index contributed by atoms with van der Waals surface area (Å²) in [6.07, 6.45) is 1.24. The predicted octanol–water partition coefficient (Wildman–Crippen LogP) is 3.87. The summed E-state index contributed by atoms with van der Waals surface area (Å²) in [6, 6.07) is 13.0. The summed E-state index contributed by atoms with van der Waals surface area (Å²) in [5.74, 6) is 0.811. The molecule has 0 bridgehead atoms. The van der Waals surface area contributed by atoms with Crippen molar-refractivity contribution in [2.24, 2.45) is 0 Å². The maximum Gasteiger partial charge on any atom is 0.222 e. The molecule has 0 atom stereocenters. The Balaban J connectivity index is 1.44. The Morgan fingerprint density at radius 3 is 2.44 bits per heavy atom. The molecule has 0 aromatic heterocycles. The van der Waals surface area contributed by atoms with Crippen LogP contribution in [0.3, 0.4) is 0 Å². The lowest BCUT2D eigenvalue weighted by molar-refractivity contribution is -0.133. The van der Waals surface area contributed by atoms with Crippen LogP contribution in [0.25, 0.3) is 0 Å². The van der Waals surface area contributed by atoms with E-state index < -0.39 is 0 Å². The van der Waals surface area contributed by atoms with Gasteiger partial charge in [-0.15, -0.1) is 0 Å². The molecule has 0 saturated carbocycles. The van der Waals surface area contributed by atoms with Crippen molar-refractivity contribution in [3.63, 3.8) is 0 Å². The van der Waals surface area contributed by atoms with Gasteiger partial charge in [0.25, 0.3) is 0 Å². The molecule has 1 saturated heterocycles. The Labute approximate surface area is 168 Å². The molecule has 0 N–H and O–H groups in total. The Bertz CT molecular complexity index is 774. The van der Waals surface area contributed by atoms with E-state index >= 15 is 0 Å². The van der Waals surface area contributed by atoms with Gasteiger partial charge in [0.1, 0.15) is 11.6 Å². The molecule has 1 fully saturated rings. The fourth-order valence-electron chi connectivity index (χ4n) is 3.25. The first-order valence-electron chi connectivity index (χ1n) is 9.12. The molecule has 4 nitrogen and oxygen atoms in total. The van der Waals surface area contributed by atoms with Gasteiger partial charge in [-0.25, -0.2) is 4.39 Å². The molecule has 144 valence electrons. The second kappa shape index (κ2) is 9.33. The maximum absolute atomic E-state index is 14.0. The van der Waals surface area contributed by atoms with Crippen LogP contribution in [0.1, 0.15) is 17.5 Å². The van der Waals surface area contributed by atoms with Crippen LogP contribution in [0.5, 0.6) is 5.75 Å². The van der Waals surface area contributed by atoms with Gasteiger partial charge in [-0.1, -0.05) is 34.1 Å². The van der Waals surface area contributed by atoms with Gasteiger partial charge in [0.05, 0.1) is 7.11 Å². The normalized spacial score (nSPS) is 15.0. The van der Waals surface area contributed by atoms with E-state index in [4.69, 9.17) is 4.74 Å². The summed E-state index contributed by atoms with van der Waals surface area (Å²) in [5.41, 5.74) is 1.82. The second-order valence-corrected chi connectivity index (χ2v) is 7.66. The molecule has 0 aliphatic carbocycles. The maximum atomic E-state index is 14.0. The number of halogens is 2. The van der Waals surface area contributed by atoms with E-state index in [1.807, 2.05) is 41.3 Å². The highest BCUT2D eigenvalue weighted by Crippen LogP contribution is 2.18. The third-order valence-corrected chi connectivity index (χ3v) is 5.41. The molecule has 2 aromatic rings.